The molecule has 0 aliphatic heterocycles. The summed E-state index contributed by atoms with van der Waals surface area (Å²) in [5, 5.41) is 3.93. The third-order valence-electron chi connectivity index (χ3n) is 5.70. The van der Waals surface area contributed by atoms with Crippen LogP contribution in [0.3, 0.4) is 0 Å². The van der Waals surface area contributed by atoms with Crippen molar-refractivity contribution in [3.63, 3.8) is 0 Å². The summed E-state index contributed by atoms with van der Waals surface area (Å²) in [6.07, 6.45) is -3.14. The highest BCUT2D eigenvalue weighted by atomic mass is 31.2. The molecule has 194 valence electrons. The predicted octanol–water partition coefficient (Wildman–Crippen LogP) is 7.59. The van der Waals surface area contributed by atoms with E-state index in [1.807, 2.05) is 24.3 Å². The SMILES string of the molecule is CCOP(O)Cc1nc(Nc2ccc(C(C)(C)C)cc2)c2ccc(-c3ncccc3C(F)(F)F)cc2n1. The zero-order valence-corrected chi connectivity index (χ0v) is 21.9. The number of alkyl halides is 3. The lowest BCUT2D eigenvalue weighted by atomic mass is 9.87. The van der Waals surface area contributed by atoms with E-state index < -0.39 is 20.1 Å². The summed E-state index contributed by atoms with van der Waals surface area (Å²) in [4.78, 5) is 23.4. The Hall–Kier alpha value is -3.13. The first-order valence-corrected chi connectivity index (χ1v) is 13.2. The summed E-state index contributed by atoms with van der Waals surface area (Å²) < 4.78 is 46.2. The molecular formula is C27H28F3N4O2P. The van der Waals surface area contributed by atoms with Crippen molar-refractivity contribution in [3.8, 4) is 11.3 Å². The largest absolute Gasteiger partial charge is 0.418 e. The van der Waals surface area contributed by atoms with Gasteiger partial charge in [0, 0.05) is 22.8 Å². The third kappa shape index (κ3) is 6.42. The second kappa shape index (κ2) is 10.7. The number of hydrogen-bond acceptors (Lipinski definition) is 6. The quantitative estimate of drug-likeness (QED) is 0.241. The maximum atomic E-state index is 13.6. The molecule has 1 atom stereocenters. The highest BCUT2D eigenvalue weighted by Gasteiger charge is 2.34. The van der Waals surface area contributed by atoms with Crippen molar-refractivity contribution in [2.24, 2.45) is 0 Å². The Balaban J connectivity index is 1.80. The lowest BCUT2D eigenvalue weighted by Gasteiger charge is -2.19. The molecule has 2 heterocycles. The van der Waals surface area contributed by atoms with Crippen LogP contribution in [-0.2, 0) is 22.3 Å². The number of anilines is 2. The maximum Gasteiger partial charge on any atom is 0.418 e. The maximum absolute atomic E-state index is 13.6. The molecule has 2 aromatic carbocycles. The average molecular weight is 529 g/mol. The molecule has 2 aromatic heterocycles. The van der Waals surface area contributed by atoms with Crippen molar-refractivity contribution in [1.29, 1.82) is 0 Å². The average Bonchev–Trinajstić information content (AvgIpc) is 2.83. The van der Waals surface area contributed by atoms with Gasteiger partial charge in [0.25, 0.3) is 0 Å². The van der Waals surface area contributed by atoms with E-state index in [-0.39, 0.29) is 22.8 Å². The second-order valence-electron chi connectivity index (χ2n) is 9.50. The van der Waals surface area contributed by atoms with Gasteiger partial charge in [-0.05, 0) is 54.3 Å². The van der Waals surface area contributed by atoms with Crippen LogP contribution in [0.25, 0.3) is 22.2 Å². The first-order chi connectivity index (χ1) is 17.5. The van der Waals surface area contributed by atoms with Gasteiger partial charge in [-0.15, -0.1) is 0 Å². The number of pyridine rings is 1. The first kappa shape index (κ1) is 26.9. The van der Waals surface area contributed by atoms with Crippen LogP contribution in [0.2, 0.25) is 0 Å². The molecule has 0 saturated carbocycles. The van der Waals surface area contributed by atoms with Crippen molar-refractivity contribution in [2.75, 3.05) is 11.9 Å². The number of rotatable bonds is 7. The Labute approximate surface area is 214 Å². The Morgan fingerprint density at radius 2 is 1.73 bits per heavy atom. The van der Waals surface area contributed by atoms with Crippen molar-refractivity contribution in [1.82, 2.24) is 15.0 Å². The topological polar surface area (TPSA) is 80.2 Å². The summed E-state index contributed by atoms with van der Waals surface area (Å²) >= 11 is 0. The van der Waals surface area contributed by atoms with Gasteiger partial charge in [-0.1, -0.05) is 39.0 Å². The van der Waals surface area contributed by atoms with Crippen molar-refractivity contribution >= 4 is 30.8 Å². The molecule has 2 N–H and O–H groups in total. The van der Waals surface area contributed by atoms with Gasteiger partial charge in [0.05, 0.1) is 29.5 Å². The molecule has 0 bridgehead atoms. The molecular weight excluding hydrogens is 500 g/mol. The van der Waals surface area contributed by atoms with E-state index in [4.69, 9.17) is 4.52 Å². The Morgan fingerprint density at radius 1 is 1.00 bits per heavy atom. The molecule has 0 spiro atoms. The summed E-state index contributed by atoms with van der Waals surface area (Å²) in [6.45, 7) is 8.51. The zero-order valence-electron chi connectivity index (χ0n) is 21.0. The molecule has 0 fully saturated rings. The standard InChI is InChI=1S/C27H28F3N4O2P/c1-5-36-37(35)16-23-33-22-15-17(24-21(27(28,29)30)7-6-14-31-24)8-13-20(22)25(34-23)32-19-11-9-18(10-12-19)26(2,3)4/h6-15,35H,5,16H2,1-4H3,(H,32,33,34). The fourth-order valence-electron chi connectivity index (χ4n) is 3.86. The molecule has 37 heavy (non-hydrogen) atoms. The van der Waals surface area contributed by atoms with E-state index in [2.05, 4.69) is 41.0 Å². The molecule has 10 heteroatoms. The number of halogens is 3. The van der Waals surface area contributed by atoms with Crippen LogP contribution in [0.15, 0.2) is 60.8 Å². The van der Waals surface area contributed by atoms with Gasteiger partial charge in [-0.25, -0.2) is 9.97 Å². The monoisotopic (exact) mass is 528 g/mol. The highest BCUT2D eigenvalue weighted by molar-refractivity contribution is 7.45. The minimum Gasteiger partial charge on any atom is -0.350 e. The van der Waals surface area contributed by atoms with Crippen LogP contribution in [0.5, 0.6) is 0 Å². The van der Waals surface area contributed by atoms with Crippen LogP contribution in [0.4, 0.5) is 24.7 Å². The minimum absolute atomic E-state index is 0.00202. The van der Waals surface area contributed by atoms with E-state index in [0.29, 0.717) is 29.2 Å². The van der Waals surface area contributed by atoms with Gasteiger partial charge < -0.3 is 14.7 Å². The lowest BCUT2D eigenvalue weighted by molar-refractivity contribution is -0.137. The Bertz CT molecular complexity index is 1390. The summed E-state index contributed by atoms with van der Waals surface area (Å²) in [6, 6.07) is 15.1. The minimum atomic E-state index is -4.55. The van der Waals surface area contributed by atoms with E-state index in [9.17, 15) is 18.1 Å². The molecule has 0 saturated heterocycles. The van der Waals surface area contributed by atoms with Crippen LogP contribution >= 0.6 is 8.38 Å². The molecule has 6 nitrogen and oxygen atoms in total. The second-order valence-corrected chi connectivity index (χ2v) is 10.8. The van der Waals surface area contributed by atoms with Crippen molar-refractivity contribution < 1.29 is 22.6 Å². The van der Waals surface area contributed by atoms with Gasteiger partial charge >= 0.3 is 6.18 Å². The first-order valence-electron chi connectivity index (χ1n) is 11.8. The van der Waals surface area contributed by atoms with E-state index in [0.717, 1.165) is 11.8 Å². The van der Waals surface area contributed by atoms with Crippen molar-refractivity contribution in [3.05, 3.63) is 77.7 Å². The Morgan fingerprint density at radius 3 is 2.38 bits per heavy atom. The molecule has 0 aliphatic rings. The molecule has 4 rings (SSSR count). The molecule has 0 aliphatic carbocycles. The fraction of sp³-hybridized carbons (Fsp3) is 0.296. The lowest BCUT2D eigenvalue weighted by Crippen LogP contribution is -2.10. The molecule has 1 unspecified atom stereocenters. The van der Waals surface area contributed by atoms with Crippen LogP contribution in [0.1, 0.15) is 44.6 Å². The van der Waals surface area contributed by atoms with Gasteiger partial charge in [-0.3, -0.25) is 4.98 Å². The molecule has 4 aromatic rings. The number of fused-ring (bicyclic) bond motifs is 1. The van der Waals surface area contributed by atoms with Gasteiger partial charge in [0.15, 0.2) is 8.38 Å². The van der Waals surface area contributed by atoms with Crippen LogP contribution in [0, 0.1) is 0 Å². The number of aromatic nitrogens is 3. The van der Waals surface area contributed by atoms with E-state index >= 15 is 0 Å². The fourth-order valence-corrected chi connectivity index (χ4v) is 4.63. The van der Waals surface area contributed by atoms with E-state index in [1.165, 1.54) is 17.8 Å². The summed E-state index contributed by atoms with van der Waals surface area (Å²) in [5.74, 6) is 0.796. The smallest absolute Gasteiger partial charge is 0.350 e. The van der Waals surface area contributed by atoms with Gasteiger partial charge in [0.1, 0.15) is 11.6 Å². The third-order valence-corrected chi connectivity index (χ3v) is 6.81. The predicted molar refractivity (Wildman–Crippen MR) is 141 cm³/mol. The van der Waals surface area contributed by atoms with Gasteiger partial charge in [0.2, 0.25) is 0 Å². The van der Waals surface area contributed by atoms with E-state index in [1.54, 1.807) is 25.1 Å². The van der Waals surface area contributed by atoms with Crippen LogP contribution < -0.4 is 5.32 Å². The van der Waals surface area contributed by atoms with Crippen molar-refractivity contribution in [2.45, 2.75) is 45.4 Å². The Kier molecular flexibility index (Phi) is 7.78. The molecule has 0 radical (unpaired) electrons. The number of benzene rings is 2. The van der Waals surface area contributed by atoms with Crippen LogP contribution in [-0.4, -0.2) is 26.5 Å². The molecule has 0 amide bonds. The summed E-state index contributed by atoms with van der Waals surface area (Å²) in [7, 11) is -1.79. The number of nitrogens with zero attached hydrogens (tertiary/aromatic N) is 3. The zero-order chi connectivity index (χ0) is 26.8. The number of hydrogen-bond donors (Lipinski definition) is 2. The highest BCUT2D eigenvalue weighted by Crippen LogP contribution is 2.39. The normalized spacial score (nSPS) is 13.1. The number of nitrogens with one attached hydrogen (secondary N) is 1. The summed E-state index contributed by atoms with van der Waals surface area (Å²) in [5.41, 5.74) is 1.68. The van der Waals surface area contributed by atoms with Gasteiger partial charge in [-0.2, -0.15) is 13.2 Å².